The second-order valence-corrected chi connectivity index (χ2v) is 8.85. The Labute approximate surface area is 181 Å². The number of hydrogen-bond acceptors (Lipinski definition) is 3. The summed E-state index contributed by atoms with van der Waals surface area (Å²) in [4.78, 5) is 15.1. The van der Waals surface area contributed by atoms with Gasteiger partial charge in [-0.2, -0.15) is 11.3 Å². The van der Waals surface area contributed by atoms with Crippen LogP contribution in [0.2, 0.25) is 5.02 Å². The van der Waals surface area contributed by atoms with E-state index in [-0.39, 0.29) is 11.8 Å². The zero-order chi connectivity index (χ0) is 20.1. The van der Waals surface area contributed by atoms with Crippen LogP contribution in [0.25, 0.3) is 11.1 Å². The van der Waals surface area contributed by atoms with E-state index in [4.69, 9.17) is 11.6 Å². The van der Waals surface area contributed by atoms with Crippen LogP contribution in [0, 0.1) is 5.92 Å². The van der Waals surface area contributed by atoms with Crippen molar-refractivity contribution >= 4 is 28.8 Å². The number of thiophene rings is 1. The zero-order valence-corrected chi connectivity index (χ0v) is 17.9. The van der Waals surface area contributed by atoms with Gasteiger partial charge in [0.25, 0.3) is 0 Å². The SMILES string of the molecule is O=C(NCc1cccc(Cl)c1)C1CCCN(Cc2cccc(-c3ccsc3)c2)C1. The predicted molar refractivity (Wildman–Crippen MR) is 121 cm³/mol. The van der Waals surface area contributed by atoms with Crippen molar-refractivity contribution in [3.63, 3.8) is 0 Å². The van der Waals surface area contributed by atoms with Crippen molar-refractivity contribution < 1.29 is 4.79 Å². The molecule has 1 unspecified atom stereocenters. The number of nitrogens with one attached hydrogen (secondary N) is 1. The van der Waals surface area contributed by atoms with Crippen LogP contribution in [0.5, 0.6) is 0 Å². The minimum absolute atomic E-state index is 0.0444. The highest BCUT2D eigenvalue weighted by atomic mass is 35.5. The molecule has 0 spiro atoms. The zero-order valence-electron chi connectivity index (χ0n) is 16.3. The first kappa shape index (κ1) is 20.1. The van der Waals surface area contributed by atoms with Crippen molar-refractivity contribution in [1.29, 1.82) is 0 Å². The summed E-state index contributed by atoms with van der Waals surface area (Å²) >= 11 is 7.75. The molecular formula is C24H25ClN2OS. The molecule has 1 saturated heterocycles. The average Bonchev–Trinajstić information content (AvgIpc) is 3.27. The summed E-state index contributed by atoms with van der Waals surface area (Å²) < 4.78 is 0. The van der Waals surface area contributed by atoms with Gasteiger partial charge in [-0.3, -0.25) is 9.69 Å². The lowest BCUT2D eigenvalue weighted by atomic mass is 9.96. The second kappa shape index (κ2) is 9.57. The van der Waals surface area contributed by atoms with Gasteiger partial charge in [-0.05, 0) is 76.7 Å². The molecule has 3 aromatic rings. The lowest BCUT2D eigenvalue weighted by Crippen LogP contribution is -2.42. The van der Waals surface area contributed by atoms with Gasteiger partial charge in [0.05, 0.1) is 5.92 Å². The van der Waals surface area contributed by atoms with Crippen LogP contribution in [0.1, 0.15) is 24.0 Å². The molecule has 1 amide bonds. The predicted octanol–water partition coefficient (Wildman–Crippen LogP) is 5.60. The van der Waals surface area contributed by atoms with E-state index in [0.717, 1.165) is 38.0 Å². The number of piperidine rings is 1. The molecule has 29 heavy (non-hydrogen) atoms. The van der Waals surface area contributed by atoms with E-state index in [1.165, 1.54) is 16.7 Å². The molecule has 0 bridgehead atoms. The number of rotatable bonds is 6. The van der Waals surface area contributed by atoms with Crippen LogP contribution in [0.3, 0.4) is 0 Å². The van der Waals surface area contributed by atoms with E-state index in [1.54, 1.807) is 11.3 Å². The fraction of sp³-hybridized carbons (Fsp3) is 0.292. The minimum Gasteiger partial charge on any atom is -0.352 e. The summed E-state index contributed by atoms with van der Waals surface area (Å²) in [5.74, 6) is 0.185. The maximum Gasteiger partial charge on any atom is 0.224 e. The second-order valence-electron chi connectivity index (χ2n) is 7.63. The molecule has 1 N–H and O–H groups in total. The Morgan fingerprint density at radius 1 is 1.10 bits per heavy atom. The fourth-order valence-corrected chi connectivity index (χ4v) is 4.81. The molecule has 0 saturated carbocycles. The number of carbonyl (C=O) groups is 1. The lowest BCUT2D eigenvalue weighted by molar-refractivity contribution is -0.126. The van der Waals surface area contributed by atoms with E-state index >= 15 is 0 Å². The van der Waals surface area contributed by atoms with Gasteiger partial charge >= 0.3 is 0 Å². The Morgan fingerprint density at radius 3 is 2.79 bits per heavy atom. The fourth-order valence-electron chi connectivity index (χ4n) is 3.93. The van der Waals surface area contributed by atoms with Crippen LogP contribution in [-0.4, -0.2) is 23.9 Å². The molecule has 1 atom stereocenters. The number of benzene rings is 2. The first-order valence-electron chi connectivity index (χ1n) is 10.0. The number of nitrogens with zero attached hydrogens (tertiary/aromatic N) is 1. The molecule has 1 aliphatic heterocycles. The minimum atomic E-state index is 0.0444. The van der Waals surface area contributed by atoms with Gasteiger partial charge in [0.15, 0.2) is 0 Å². The highest BCUT2D eigenvalue weighted by Crippen LogP contribution is 2.25. The van der Waals surface area contributed by atoms with Gasteiger partial charge in [0, 0.05) is 24.7 Å². The highest BCUT2D eigenvalue weighted by molar-refractivity contribution is 7.08. The van der Waals surface area contributed by atoms with Gasteiger partial charge < -0.3 is 5.32 Å². The average molecular weight is 425 g/mol. The van der Waals surface area contributed by atoms with Crippen LogP contribution >= 0.6 is 22.9 Å². The van der Waals surface area contributed by atoms with Crippen molar-refractivity contribution in [3.05, 3.63) is 81.5 Å². The maximum atomic E-state index is 12.7. The number of halogens is 1. The Balaban J connectivity index is 1.33. The molecule has 150 valence electrons. The van der Waals surface area contributed by atoms with Crippen LogP contribution in [0.15, 0.2) is 65.4 Å². The van der Waals surface area contributed by atoms with Gasteiger partial charge in [-0.25, -0.2) is 0 Å². The molecule has 1 aromatic heterocycles. The molecule has 1 fully saturated rings. The largest absolute Gasteiger partial charge is 0.352 e. The van der Waals surface area contributed by atoms with Crippen LogP contribution in [-0.2, 0) is 17.9 Å². The third kappa shape index (κ3) is 5.47. The third-order valence-corrected chi connectivity index (χ3v) is 6.34. The van der Waals surface area contributed by atoms with Gasteiger partial charge in [-0.1, -0.05) is 41.9 Å². The summed E-state index contributed by atoms with van der Waals surface area (Å²) in [6.07, 6.45) is 2.01. The monoisotopic (exact) mass is 424 g/mol. The summed E-state index contributed by atoms with van der Waals surface area (Å²) in [6, 6.07) is 18.5. The third-order valence-electron chi connectivity index (χ3n) is 5.42. The van der Waals surface area contributed by atoms with Crippen molar-refractivity contribution in [2.24, 2.45) is 5.92 Å². The quantitative estimate of drug-likeness (QED) is 0.558. The summed E-state index contributed by atoms with van der Waals surface area (Å²) in [7, 11) is 0. The van der Waals surface area contributed by atoms with Gasteiger partial charge in [0.2, 0.25) is 5.91 Å². The maximum absolute atomic E-state index is 12.7. The Hall–Kier alpha value is -2.14. The van der Waals surface area contributed by atoms with Gasteiger partial charge in [0.1, 0.15) is 0 Å². The van der Waals surface area contributed by atoms with E-state index in [9.17, 15) is 4.79 Å². The molecule has 2 heterocycles. The molecule has 2 aromatic carbocycles. The standard InChI is InChI=1S/C24H25ClN2OS/c25-23-8-2-4-18(13-23)14-26-24(28)21-7-3-10-27(16-21)15-19-5-1-6-20(12-19)22-9-11-29-17-22/h1-2,4-6,8-9,11-13,17,21H,3,7,10,14-16H2,(H,26,28). The molecule has 4 rings (SSSR count). The number of likely N-dealkylation sites (tertiary alicyclic amines) is 1. The van der Waals surface area contributed by atoms with Gasteiger partial charge in [-0.15, -0.1) is 0 Å². The molecule has 5 heteroatoms. The first-order valence-corrected chi connectivity index (χ1v) is 11.4. The van der Waals surface area contributed by atoms with Crippen molar-refractivity contribution in [3.8, 4) is 11.1 Å². The Kier molecular flexibility index (Phi) is 6.65. The number of amides is 1. The van der Waals surface area contributed by atoms with Crippen LogP contribution in [0.4, 0.5) is 0 Å². The van der Waals surface area contributed by atoms with E-state index in [2.05, 4.69) is 51.3 Å². The van der Waals surface area contributed by atoms with Crippen LogP contribution < -0.4 is 5.32 Å². The summed E-state index contributed by atoms with van der Waals surface area (Å²) in [5.41, 5.74) is 4.86. The number of carbonyl (C=O) groups excluding carboxylic acids is 1. The molecule has 1 aliphatic rings. The smallest absolute Gasteiger partial charge is 0.224 e. The Morgan fingerprint density at radius 2 is 1.97 bits per heavy atom. The molecule has 0 radical (unpaired) electrons. The van der Waals surface area contributed by atoms with Crippen molar-refractivity contribution in [1.82, 2.24) is 10.2 Å². The molecule has 0 aliphatic carbocycles. The Bertz CT molecular complexity index is 957. The first-order chi connectivity index (χ1) is 14.2. The van der Waals surface area contributed by atoms with E-state index in [0.29, 0.717) is 11.6 Å². The number of hydrogen-bond donors (Lipinski definition) is 1. The topological polar surface area (TPSA) is 32.3 Å². The van der Waals surface area contributed by atoms with Crippen molar-refractivity contribution in [2.45, 2.75) is 25.9 Å². The van der Waals surface area contributed by atoms with E-state index in [1.807, 2.05) is 24.3 Å². The summed E-state index contributed by atoms with van der Waals surface area (Å²) in [6.45, 7) is 3.26. The van der Waals surface area contributed by atoms with E-state index < -0.39 is 0 Å². The van der Waals surface area contributed by atoms with Crippen molar-refractivity contribution in [2.75, 3.05) is 13.1 Å². The highest BCUT2D eigenvalue weighted by Gasteiger charge is 2.25. The lowest BCUT2D eigenvalue weighted by Gasteiger charge is -2.32. The summed E-state index contributed by atoms with van der Waals surface area (Å²) in [5, 5.41) is 8.08. The normalized spacial score (nSPS) is 17.2. The molecular weight excluding hydrogens is 400 g/mol. The molecule has 3 nitrogen and oxygen atoms in total.